The number of hydrogen-bond acceptors (Lipinski definition) is 1. The van der Waals surface area contributed by atoms with E-state index in [2.05, 4.69) is 29.0 Å². The fourth-order valence-corrected chi connectivity index (χ4v) is 4.28. The number of aromatic nitrogens is 1. The molecule has 3 nitrogen and oxygen atoms in total. The molecule has 0 spiro atoms. The van der Waals surface area contributed by atoms with Crippen LogP contribution in [0.3, 0.4) is 0 Å². The summed E-state index contributed by atoms with van der Waals surface area (Å²) in [5.41, 5.74) is 1.76. The molecule has 0 radical (unpaired) electrons. The van der Waals surface area contributed by atoms with Crippen LogP contribution in [0.15, 0.2) is 36.5 Å². The molecule has 3 unspecified atom stereocenters. The number of rotatable bonds is 3. The maximum Gasteiger partial charge on any atom is 0.227 e. The van der Waals surface area contributed by atoms with Crippen LogP contribution in [-0.4, -0.2) is 28.4 Å². The van der Waals surface area contributed by atoms with Crippen LogP contribution in [0.25, 0.3) is 10.9 Å². The van der Waals surface area contributed by atoms with Crippen molar-refractivity contribution in [3.05, 3.63) is 47.9 Å². The van der Waals surface area contributed by atoms with Crippen LogP contribution in [0.5, 0.6) is 0 Å². The fraction of sp³-hybridized carbons (Fsp3) is 0.450. The molecule has 0 saturated carbocycles. The Bertz CT molecular complexity index is 794. The van der Waals surface area contributed by atoms with Gasteiger partial charge >= 0.3 is 0 Å². The summed E-state index contributed by atoms with van der Waals surface area (Å²) in [6.07, 6.45) is 10.2. The van der Waals surface area contributed by atoms with Gasteiger partial charge in [-0.05, 0) is 48.4 Å². The zero-order valence-corrected chi connectivity index (χ0v) is 14.0. The topological polar surface area (TPSA) is 36.1 Å². The zero-order chi connectivity index (χ0) is 16.7. The van der Waals surface area contributed by atoms with Crippen molar-refractivity contribution in [2.45, 2.75) is 38.6 Å². The van der Waals surface area contributed by atoms with Crippen LogP contribution in [0.4, 0.5) is 4.39 Å². The number of aromatic amines is 1. The quantitative estimate of drug-likeness (QED) is 0.849. The number of amides is 1. The largest absolute Gasteiger partial charge is 0.361 e. The predicted molar refractivity (Wildman–Crippen MR) is 93.1 cm³/mol. The molecule has 4 heteroatoms. The molecule has 126 valence electrons. The number of halogens is 1. The SMILES string of the molecule is CCC1CCC2C=CC1N(C(=O)Cc1c[nH]c3ccc(F)cc13)C2. The molecular weight excluding hydrogens is 303 g/mol. The highest BCUT2D eigenvalue weighted by atomic mass is 19.1. The molecule has 1 aromatic carbocycles. The van der Waals surface area contributed by atoms with Gasteiger partial charge in [-0.1, -0.05) is 25.5 Å². The Kier molecular flexibility index (Phi) is 3.91. The summed E-state index contributed by atoms with van der Waals surface area (Å²) in [6.45, 7) is 3.04. The summed E-state index contributed by atoms with van der Waals surface area (Å²) in [5.74, 6) is 0.929. The predicted octanol–water partition coefficient (Wildman–Crippen LogP) is 4.05. The Hall–Kier alpha value is -2.10. The highest BCUT2D eigenvalue weighted by Gasteiger charge is 2.35. The van der Waals surface area contributed by atoms with Gasteiger partial charge in [-0.2, -0.15) is 0 Å². The van der Waals surface area contributed by atoms with E-state index in [9.17, 15) is 9.18 Å². The first-order chi connectivity index (χ1) is 11.7. The maximum absolute atomic E-state index is 13.5. The summed E-state index contributed by atoms with van der Waals surface area (Å²) >= 11 is 0. The average Bonchev–Trinajstić information content (AvgIpc) is 2.78. The molecule has 24 heavy (non-hydrogen) atoms. The third-order valence-electron chi connectivity index (χ3n) is 5.68. The van der Waals surface area contributed by atoms with Crippen molar-refractivity contribution >= 4 is 16.8 Å². The number of benzene rings is 1. The lowest BCUT2D eigenvalue weighted by atomic mass is 9.93. The molecule has 1 saturated heterocycles. The van der Waals surface area contributed by atoms with E-state index in [1.165, 1.54) is 25.0 Å². The van der Waals surface area contributed by atoms with Crippen molar-refractivity contribution in [2.75, 3.05) is 6.54 Å². The number of H-pyrrole nitrogens is 1. The minimum atomic E-state index is -0.265. The van der Waals surface area contributed by atoms with Gasteiger partial charge in [-0.25, -0.2) is 4.39 Å². The molecule has 1 aliphatic carbocycles. The van der Waals surface area contributed by atoms with Gasteiger partial charge < -0.3 is 9.88 Å². The molecule has 2 aromatic rings. The third kappa shape index (κ3) is 2.64. The summed E-state index contributed by atoms with van der Waals surface area (Å²) in [6, 6.07) is 4.90. The molecule has 5 rings (SSSR count). The molecule has 3 heterocycles. The lowest BCUT2D eigenvalue weighted by molar-refractivity contribution is -0.133. The van der Waals surface area contributed by atoms with Crippen molar-refractivity contribution in [2.24, 2.45) is 11.8 Å². The third-order valence-corrected chi connectivity index (χ3v) is 5.68. The monoisotopic (exact) mass is 326 g/mol. The average molecular weight is 326 g/mol. The van der Waals surface area contributed by atoms with Crippen LogP contribution >= 0.6 is 0 Å². The number of nitrogens with zero attached hydrogens (tertiary/aromatic N) is 1. The van der Waals surface area contributed by atoms with E-state index < -0.39 is 0 Å². The Morgan fingerprint density at radius 3 is 3.04 bits per heavy atom. The summed E-state index contributed by atoms with van der Waals surface area (Å²) in [5, 5.41) is 0.811. The molecule has 1 N–H and O–H groups in total. The van der Waals surface area contributed by atoms with Gasteiger partial charge in [0.05, 0.1) is 12.5 Å². The first-order valence-corrected chi connectivity index (χ1v) is 8.89. The van der Waals surface area contributed by atoms with Gasteiger partial charge in [-0.15, -0.1) is 0 Å². The van der Waals surface area contributed by atoms with Crippen LogP contribution < -0.4 is 0 Å². The van der Waals surface area contributed by atoms with E-state index in [1.54, 1.807) is 6.07 Å². The Morgan fingerprint density at radius 2 is 2.21 bits per heavy atom. The highest BCUT2D eigenvalue weighted by Crippen LogP contribution is 2.34. The first-order valence-electron chi connectivity index (χ1n) is 8.89. The number of nitrogens with one attached hydrogen (secondary N) is 1. The van der Waals surface area contributed by atoms with Gasteiger partial charge in [0.1, 0.15) is 5.82 Å². The Morgan fingerprint density at radius 1 is 1.33 bits per heavy atom. The van der Waals surface area contributed by atoms with Crippen molar-refractivity contribution in [1.29, 1.82) is 0 Å². The minimum Gasteiger partial charge on any atom is -0.361 e. The first kappa shape index (κ1) is 15.4. The molecule has 1 fully saturated rings. The van der Waals surface area contributed by atoms with Gasteiger partial charge in [0, 0.05) is 23.6 Å². The van der Waals surface area contributed by atoms with E-state index in [0.29, 0.717) is 18.3 Å². The number of fused-ring (bicyclic) bond motifs is 4. The lowest BCUT2D eigenvalue weighted by Gasteiger charge is -2.36. The summed E-state index contributed by atoms with van der Waals surface area (Å²) in [4.78, 5) is 18.2. The van der Waals surface area contributed by atoms with Crippen molar-refractivity contribution < 1.29 is 9.18 Å². The molecular formula is C20H23FN2O. The van der Waals surface area contributed by atoms with Gasteiger partial charge in [0.15, 0.2) is 0 Å². The number of carbonyl (C=O) groups excluding carboxylic acids is 1. The van der Waals surface area contributed by atoms with Crippen LogP contribution in [0.1, 0.15) is 31.7 Å². The maximum atomic E-state index is 13.5. The van der Waals surface area contributed by atoms with Crippen LogP contribution in [0.2, 0.25) is 0 Å². The van der Waals surface area contributed by atoms with Crippen molar-refractivity contribution in [3.63, 3.8) is 0 Å². The minimum absolute atomic E-state index is 0.153. The van der Waals surface area contributed by atoms with Crippen LogP contribution in [-0.2, 0) is 11.2 Å². The normalized spacial score (nSPS) is 26.1. The molecule has 2 aliphatic heterocycles. The second kappa shape index (κ2) is 6.08. The van der Waals surface area contributed by atoms with Crippen LogP contribution in [0, 0.1) is 17.7 Å². The Balaban J connectivity index is 1.59. The molecule has 3 atom stereocenters. The number of carbonyl (C=O) groups is 1. The standard InChI is InChI=1S/C20H23FN2O/c1-2-14-5-3-13-4-8-19(14)23(12-13)20(24)9-15-11-22-18-7-6-16(21)10-17(15)18/h4,6-8,10-11,13-14,19,22H,2-3,5,9,12H2,1H3. The second-order valence-corrected chi connectivity index (χ2v) is 7.11. The Labute approximate surface area is 141 Å². The smallest absolute Gasteiger partial charge is 0.227 e. The highest BCUT2D eigenvalue weighted by molar-refractivity contribution is 5.89. The van der Waals surface area contributed by atoms with E-state index in [1.807, 2.05) is 6.20 Å². The van der Waals surface area contributed by atoms with Gasteiger partial charge in [-0.3, -0.25) is 4.79 Å². The molecule has 3 aliphatic rings. The zero-order valence-electron chi connectivity index (χ0n) is 14.0. The van der Waals surface area contributed by atoms with E-state index in [-0.39, 0.29) is 17.8 Å². The summed E-state index contributed by atoms with van der Waals surface area (Å²) < 4.78 is 13.5. The number of hydrogen-bond donors (Lipinski definition) is 1. The molecule has 1 aromatic heterocycles. The van der Waals surface area contributed by atoms with Gasteiger partial charge in [0.2, 0.25) is 5.91 Å². The molecule has 2 bridgehead atoms. The second-order valence-electron chi connectivity index (χ2n) is 7.11. The molecule has 1 amide bonds. The van der Waals surface area contributed by atoms with E-state index in [0.717, 1.165) is 29.4 Å². The van der Waals surface area contributed by atoms with E-state index >= 15 is 0 Å². The van der Waals surface area contributed by atoms with Crippen molar-refractivity contribution in [3.8, 4) is 0 Å². The van der Waals surface area contributed by atoms with E-state index in [4.69, 9.17) is 0 Å². The van der Waals surface area contributed by atoms with Gasteiger partial charge in [0.25, 0.3) is 0 Å². The fourth-order valence-electron chi connectivity index (χ4n) is 4.28. The lowest BCUT2D eigenvalue weighted by Crippen LogP contribution is -2.46. The summed E-state index contributed by atoms with van der Waals surface area (Å²) in [7, 11) is 0. The van der Waals surface area contributed by atoms with Crippen molar-refractivity contribution in [1.82, 2.24) is 9.88 Å².